The first kappa shape index (κ1) is 13.1. The molecule has 2 nitrogen and oxygen atoms in total. The van der Waals surface area contributed by atoms with Gasteiger partial charge in [-0.2, -0.15) is 0 Å². The molecule has 2 aromatic rings. The number of aryl methyl sites for hydroxylation is 2. The lowest BCUT2D eigenvalue weighted by molar-refractivity contribution is 1.09. The second-order valence-electron chi connectivity index (χ2n) is 4.47. The van der Waals surface area contributed by atoms with Gasteiger partial charge in [0.05, 0.1) is 0 Å². The van der Waals surface area contributed by atoms with E-state index < -0.39 is 0 Å². The van der Waals surface area contributed by atoms with E-state index in [0.29, 0.717) is 0 Å². The van der Waals surface area contributed by atoms with Crippen molar-refractivity contribution in [3.05, 3.63) is 53.2 Å². The number of halogens is 1. The van der Waals surface area contributed by atoms with Crippen LogP contribution < -0.4 is 4.90 Å². The van der Waals surface area contributed by atoms with Gasteiger partial charge in [0.15, 0.2) is 0 Å². The highest BCUT2D eigenvalue weighted by Crippen LogP contribution is 2.29. The number of aromatic nitrogens is 1. The molecule has 0 unspecified atom stereocenters. The molecule has 0 spiro atoms. The fourth-order valence-corrected chi connectivity index (χ4v) is 2.57. The summed E-state index contributed by atoms with van der Waals surface area (Å²) in [6.07, 6.45) is 1.83. The van der Waals surface area contributed by atoms with Gasteiger partial charge in [0.25, 0.3) is 0 Å². The van der Waals surface area contributed by atoms with E-state index in [9.17, 15) is 0 Å². The van der Waals surface area contributed by atoms with E-state index in [1.54, 1.807) is 0 Å². The van der Waals surface area contributed by atoms with Gasteiger partial charge in [-0.05, 0) is 31.5 Å². The van der Waals surface area contributed by atoms with Crippen LogP contribution in [0.15, 0.2) is 36.5 Å². The predicted molar refractivity (Wildman–Crippen MR) is 80.8 cm³/mol. The summed E-state index contributed by atoms with van der Waals surface area (Å²) < 4.78 is 0. The van der Waals surface area contributed by atoms with Gasteiger partial charge in [-0.15, -0.1) is 0 Å². The Hall–Kier alpha value is -1.35. The minimum absolute atomic E-state index is 0.811. The van der Waals surface area contributed by atoms with Gasteiger partial charge in [0, 0.05) is 29.8 Å². The Morgan fingerprint density at radius 1 is 1.22 bits per heavy atom. The monoisotopic (exact) mass is 304 g/mol. The summed E-state index contributed by atoms with van der Waals surface area (Å²) in [5, 5.41) is 0.811. The second-order valence-corrected chi connectivity index (χ2v) is 5.03. The van der Waals surface area contributed by atoms with Gasteiger partial charge in [0.1, 0.15) is 5.82 Å². The summed E-state index contributed by atoms with van der Waals surface area (Å²) in [5.74, 6) is 1.00. The van der Waals surface area contributed by atoms with Crippen molar-refractivity contribution >= 4 is 27.4 Å². The second kappa shape index (κ2) is 5.53. The molecule has 0 saturated heterocycles. The summed E-state index contributed by atoms with van der Waals surface area (Å²) in [5.41, 5.74) is 4.94. The maximum absolute atomic E-state index is 4.49. The van der Waals surface area contributed by atoms with E-state index in [2.05, 4.69) is 71.0 Å². The molecule has 94 valence electrons. The zero-order valence-corrected chi connectivity index (χ0v) is 12.5. The summed E-state index contributed by atoms with van der Waals surface area (Å²) in [4.78, 5) is 6.63. The average molecular weight is 305 g/mol. The molecule has 0 radical (unpaired) electrons. The fourth-order valence-electron chi connectivity index (χ4n) is 2.13. The van der Waals surface area contributed by atoms with Crippen molar-refractivity contribution in [2.45, 2.75) is 19.2 Å². The van der Waals surface area contributed by atoms with Crippen LogP contribution in [0.25, 0.3) is 0 Å². The summed E-state index contributed by atoms with van der Waals surface area (Å²) >= 11 is 3.51. The van der Waals surface area contributed by atoms with Gasteiger partial charge < -0.3 is 4.90 Å². The molecule has 0 amide bonds. The highest BCUT2D eigenvalue weighted by Gasteiger charge is 2.11. The van der Waals surface area contributed by atoms with Crippen molar-refractivity contribution in [2.75, 3.05) is 11.9 Å². The number of nitrogens with zero attached hydrogens (tertiary/aromatic N) is 2. The molecule has 1 aromatic carbocycles. The van der Waals surface area contributed by atoms with Crippen molar-refractivity contribution in [2.24, 2.45) is 0 Å². The molecule has 1 aromatic heterocycles. The standard InChI is InChI=1S/C15H17BrN2/c1-11-6-7-14(12(2)9-11)18(3)15-13(10-16)5-4-8-17-15/h4-9H,10H2,1-3H3. The molecule has 2 rings (SSSR count). The third-order valence-electron chi connectivity index (χ3n) is 3.04. The zero-order chi connectivity index (χ0) is 13.1. The van der Waals surface area contributed by atoms with Crippen molar-refractivity contribution in [1.29, 1.82) is 0 Å². The summed E-state index contributed by atoms with van der Waals surface area (Å²) in [6.45, 7) is 4.25. The minimum atomic E-state index is 0.811. The normalized spacial score (nSPS) is 10.4. The molecule has 0 bridgehead atoms. The first-order valence-electron chi connectivity index (χ1n) is 5.94. The van der Waals surface area contributed by atoms with Crippen LogP contribution in [0.5, 0.6) is 0 Å². The molecule has 3 heteroatoms. The maximum atomic E-state index is 4.49. The summed E-state index contributed by atoms with van der Waals surface area (Å²) in [7, 11) is 2.06. The Morgan fingerprint density at radius 2 is 2.00 bits per heavy atom. The van der Waals surface area contributed by atoms with Gasteiger partial charge in [0.2, 0.25) is 0 Å². The highest BCUT2D eigenvalue weighted by molar-refractivity contribution is 9.08. The van der Waals surface area contributed by atoms with E-state index in [1.807, 2.05) is 12.3 Å². The van der Waals surface area contributed by atoms with Crippen LogP contribution in [0, 0.1) is 13.8 Å². The van der Waals surface area contributed by atoms with Gasteiger partial charge in [-0.3, -0.25) is 0 Å². The third-order valence-corrected chi connectivity index (χ3v) is 3.65. The molecule has 0 aliphatic rings. The lowest BCUT2D eigenvalue weighted by atomic mass is 10.1. The van der Waals surface area contributed by atoms with Gasteiger partial charge in [-0.1, -0.05) is 39.7 Å². The number of anilines is 2. The van der Waals surface area contributed by atoms with Crippen molar-refractivity contribution in [1.82, 2.24) is 4.98 Å². The molecule has 0 fully saturated rings. The SMILES string of the molecule is Cc1ccc(N(C)c2ncccc2CBr)c(C)c1. The average Bonchev–Trinajstić information content (AvgIpc) is 2.38. The molecule has 0 aliphatic heterocycles. The number of hydrogen-bond acceptors (Lipinski definition) is 2. The van der Waals surface area contributed by atoms with Crippen LogP contribution in [0.2, 0.25) is 0 Å². The van der Waals surface area contributed by atoms with Crippen LogP contribution in [0.1, 0.15) is 16.7 Å². The maximum Gasteiger partial charge on any atom is 0.136 e. The van der Waals surface area contributed by atoms with Crippen LogP contribution in [-0.2, 0) is 5.33 Å². The number of alkyl halides is 1. The molecule has 0 aliphatic carbocycles. The third kappa shape index (κ3) is 2.56. The van der Waals surface area contributed by atoms with Gasteiger partial charge in [-0.25, -0.2) is 4.98 Å². The van der Waals surface area contributed by atoms with E-state index in [-0.39, 0.29) is 0 Å². The Balaban J connectivity index is 2.44. The van der Waals surface area contributed by atoms with Crippen LogP contribution in [0.3, 0.4) is 0 Å². The number of rotatable bonds is 3. The number of pyridine rings is 1. The van der Waals surface area contributed by atoms with Crippen molar-refractivity contribution in [3.63, 3.8) is 0 Å². The Bertz CT molecular complexity index is 552. The predicted octanol–water partition coefficient (Wildman–Crippen LogP) is 4.36. The van der Waals surface area contributed by atoms with Crippen molar-refractivity contribution in [3.8, 4) is 0 Å². The molecule has 0 N–H and O–H groups in total. The molecule has 18 heavy (non-hydrogen) atoms. The Labute approximate surface area is 117 Å². The van der Waals surface area contributed by atoms with E-state index in [1.165, 1.54) is 22.4 Å². The zero-order valence-electron chi connectivity index (χ0n) is 10.9. The number of benzene rings is 1. The number of hydrogen-bond donors (Lipinski definition) is 0. The lowest BCUT2D eigenvalue weighted by Crippen LogP contribution is -2.14. The first-order chi connectivity index (χ1) is 8.63. The highest BCUT2D eigenvalue weighted by atomic mass is 79.9. The molecule has 0 saturated carbocycles. The summed E-state index contributed by atoms with van der Waals surface area (Å²) in [6, 6.07) is 10.5. The topological polar surface area (TPSA) is 16.1 Å². The molecular weight excluding hydrogens is 288 g/mol. The van der Waals surface area contributed by atoms with Crippen LogP contribution >= 0.6 is 15.9 Å². The Morgan fingerprint density at radius 3 is 2.67 bits per heavy atom. The largest absolute Gasteiger partial charge is 0.329 e. The minimum Gasteiger partial charge on any atom is -0.329 e. The van der Waals surface area contributed by atoms with Gasteiger partial charge >= 0.3 is 0 Å². The van der Waals surface area contributed by atoms with Crippen molar-refractivity contribution < 1.29 is 0 Å². The Kier molecular flexibility index (Phi) is 4.02. The first-order valence-corrected chi connectivity index (χ1v) is 7.06. The molecule has 1 heterocycles. The van der Waals surface area contributed by atoms with Crippen LogP contribution in [0.4, 0.5) is 11.5 Å². The van der Waals surface area contributed by atoms with Crippen LogP contribution in [-0.4, -0.2) is 12.0 Å². The van der Waals surface area contributed by atoms with E-state index in [4.69, 9.17) is 0 Å². The lowest BCUT2D eigenvalue weighted by Gasteiger charge is -2.22. The molecular formula is C15H17BrN2. The van der Waals surface area contributed by atoms with E-state index >= 15 is 0 Å². The smallest absolute Gasteiger partial charge is 0.136 e. The quantitative estimate of drug-likeness (QED) is 0.783. The molecule has 0 atom stereocenters. The fraction of sp³-hybridized carbons (Fsp3) is 0.267. The van der Waals surface area contributed by atoms with E-state index in [0.717, 1.165) is 11.1 Å².